The summed E-state index contributed by atoms with van der Waals surface area (Å²) in [5.41, 5.74) is 7.55. The Hall–Kier alpha value is -1.81. The molecule has 0 aliphatic carbocycles. The van der Waals surface area contributed by atoms with E-state index in [0.29, 0.717) is 6.04 Å². The fourth-order valence-electron chi connectivity index (χ4n) is 2.87. The minimum atomic E-state index is 0.618. The van der Waals surface area contributed by atoms with Crippen LogP contribution in [-0.2, 0) is 0 Å². The Morgan fingerprint density at radius 1 is 1.30 bits per heavy atom. The Kier molecular flexibility index (Phi) is 3.74. The summed E-state index contributed by atoms with van der Waals surface area (Å²) < 4.78 is 0. The standard InChI is InChI=1S/C16H22N4/c1-20-9-3-2-4-14(20)11-18-16-8-5-12-10-13(17)6-7-15(12)19-16/h5-8,10,14H,2-4,9,11,17H2,1H3,(H,18,19). The SMILES string of the molecule is CN1CCCCC1CNc1ccc2cc(N)ccc2n1. The highest BCUT2D eigenvalue weighted by atomic mass is 15.2. The Morgan fingerprint density at radius 2 is 2.20 bits per heavy atom. The number of aromatic nitrogens is 1. The third kappa shape index (κ3) is 2.85. The molecule has 0 bridgehead atoms. The number of rotatable bonds is 3. The summed E-state index contributed by atoms with van der Waals surface area (Å²) in [6.07, 6.45) is 3.93. The molecule has 2 heterocycles. The number of nitrogens with two attached hydrogens (primary N) is 1. The Balaban J connectivity index is 1.69. The normalized spacial score (nSPS) is 20.1. The molecule has 3 rings (SSSR count). The number of hydrogen-bond acceptors (Lipinski definition) is 4. The van der Waals surface area contributed by atoms with Gasteiger partial charge in [-0.3, -0.25) is 0 Å². The second kappa shape index (κ2) is 5.67. The summed E-state index contributed by atoms with van der Waals surface area (Å²) in [5.74, 6) is 0.946. The number of likely N-dealkylation sites (N-methyl/N-ethyl adjacent to an activating group) is 1. The van der Waals surface area contributed by atoms with Crippen molar-refractivity contribution in [2.45, 2.75) is 25.3 Å². The van der Waals surface area contributed by atoms with Gasteiger partial charge < -0.3 is 16.0 Å². The van der Waals surface area contributed by atoms with Crippen LogP contribution >= 0.6 is 0 Å². The molecular formula is C16H22N4. The average Bonchev–Trinajstić information content (AvgIpc) is 2.46. The van der Waals surface area contributed by atoms with Crippen LogP contribution in [0, 0.1) is 0 Å². The van der Waals surface area contributed by atoms with Gasteiger partial charge in [0.25, 0.3) is 0 Å². The van der Waals surface area contributed by atoms with Crippen LogP contribution in [-0.4, -0.2) is 36.1 Å². The second-order valence-electron chi connectivity index (χ2n) is 5.66. The lowest BCUT2D eigenvalue weighted by Crippen LogP contribution is -2.40. The maximum atomic E-state index is 5.78. The van der Waals surface area contributed by atoms with Gasteiger partial charge in [0.05, 0.1) is 5.52 Å². The molecule has 2 aromatic rings. The molecule has 20 heavy (non-hydrogen) atoms. The van der Waals surface area contributed by atoms with E-state index in [4.69, 9.17) is 5.73 Å². The van der Waals surface area contributed by atoms with Crippen LogP contribution < -0.4 is 11.1 Å². The number of fused-ring (bicyclic) bond motifs is 1. The Bertz CT molecular complexity index is 596. The summed E-state index contributed by atoms with van der Waals surface area (Å²) in [7, 11) is 2.21. The molecular weight excluding hydrogens is 248 g/mol. The highest BCUT2D eigenvalue weighted by molar-refractivity contribution is 5.83. The average molecular weight is 270 g/mol. The van der Waals surface area contributed by atoms with E-state index in [0.717, 1.165) is 29.0 Å². The zero-order chi connectivity index (χ0) is 13.9. The maximum Gasteiger partial charge on any atom is 0.126 e. The van der Waals surface area contributed by atoms with Crippen molar-refractivity contribution in [1.29, 1.82) is 0 Å². The van der Waals surface area contributed by atoms with Crippen LogP contribution in [0.2, 0.25) is 0 Å². The van der Waals surface area contributed by atoms with Crippen LogP contribution in [0.1, 0.15) is 19.3 Å². The van der Waals surface area contributed by atoms with Gasteiger partial charge in [-0.2, -0.15) is 0 Å². The molecule has 1 saturated heterocycles. The van der Waals surface area contributed by atoms with Gasteiger partial charge in [-0.15, -0.1) is 0 Å². The molecule has 1 aromatic carbocycles. The number of likely N-dealkylation sites (tertiary alicyclic amines) is 1. The number of pyridine rings is 1. The third-order valence-corrected chi connectivity index (χ3v) is 4.15. The summed E-state index contributed by atoms with van der Waals surface area (Å²) in [6, 6.07) is 10.6. The third-order valence-electron chi connectivity index (χ3n) is 4.15. The molecule has 0 spiro atoms. The number of piperidine rings is 1. The van der Waals surface area contributed by atoms with Gasteiger partial charge in [0, 0.05) is 23.7 Å². The summed E-state index contributed by atoms with van der Waals surface area (Å²) in [5, 5.41) is 4.56. The van der Waals surface area contributed by atoms with Crippen molar-refractivity contribution < 1.29 is 0 Å². The fraction of sp³-hybridized carbons (Fsp3) is 0.438. The largest absolute Gasteiger partial charge is 0.399 e. The molecule has 0 radical (unpaired) electrons. The topological polar surface area (TPSA) is 54.2 Å². The lowest BCUT2D eigenvalue weighted by molar-refractivity contribution is 0.194. The quantitative estimate of drug-likeness (QED) is 0.842. The number of nitrogens with one attached hydrogen (secondary N) is 1. The number of nitrogen functional groups attached to an aromatic ring is 1. The van der Waals surface area contributed by atoms with Crippen LogP contribution in [0.4, 0.5) is 11.5 Å². The van der Waals surface area contributed by atoms with Crippen LogP contribution in [0.15, 0.2) is 30.3 Å². The van der Waals surface area contributed by atoms with E-state index < -0.39 is 0 Å². The van der Waals surface area contributed by atoms with E-state index in [2.05, 4.69) is 28.3 Å². The van der Waals surface area contributed by atoms with Gasteiger partial charge in [0.2, 0.25) is 0 Å². The molecule has 1 aliphatic rings. The van der Waals surface area contributed by atoms with Crippen molar-refractivity contribution in [2.75, 3.05) is 31.2 Å². The highest BCUT2D eigenvalue weighted by Gasteiger charge is 2.18. The van der Waals surface area contributed by atoms with Crippen molar-refractivity contribution >= 4 is 22.4 Å². The number of anilines is 2. The molecule has 1 aliphatic heterocycles. The first-order valence-electron chi connectivity index (χ1n) is 7.33. The lowest BCUT2D eigenvalue weighted by Gasteiger charge is -2.32. The molecule has 3 N–H and O–H groups in total. The van der Waals surface area contributed by atoms with E-state index in [-0.39, 0.29) is 0 Å². The maximum absolute atomic E-state index is 5.78. The first-order chi connectivity index (χ1) is 9.72. The minimum Gasteiger partial charge on any atom is -0.399 e. The van der Waals surface area contributed by atoms with E-state index in [9.17, 15) is 0 Å². The van der Waals surface area contributed by atoms with E-state index in [1.807, 2.05) is 24.3 Å². The summed E-state index contributed by atoms with van der Waals surface area (Å²) in [4.78, 5) is 7.08. The predicted octanol–water partition coefficient (Wildman–Crippen LogP) is 2.71. The van der Waals surface area contributed by atoms with Gasteiger partial charge in [-0.25, -0.2) is 4.98 Å². The molecule has 1 fully saturated rings. The number of benzene rings is 1. The van der Waals surface area contributed by atoms with Gasteiger partial charge in [-0.1, -0.05) is 6.42 Å². The van der Waals surface area contributed by atoms with E-state index in [1.165, 1.54) is 25.8 Å². The zero-order valence-electron chi connectivity index (χ0n) is 12.0. The first kappa shape index (κ1) is 13.2. The van der Waals surface area contributed by atoms with Crippen LogP contribution in [0.5, 0.6) is 0 Å². The molecule has 4 nitrogen and oxygen atoms in total. The van der Waals surface area contributed by atoms with Gasteiger partial charge in [-0.05, 0) is 56.8 Å². The van der Waals surface area contributed by atoms with Crippen molar-refractivity contribution in [3.05, 3.63) is 30.3 Å². The van der Waals surface area contributed by atoms with Gasteiger partial charge >= 0.3 is 0 Å². The van der Waals surface area contributed by atoms with Crippen molar-refractivity contribution in [2.24, 2.45) is 0 Å². The second-order valence-corrected chi connectivity index (χ2v) is 5.66. The molecule has 4 heteroatoms. The van der Waals surface area contributed by atoms with Crippen molar-refractivity contribution in [1.82, 2.24) is 9.88 Å². The fourth-order valence-corrected chi connectivity index (χ4v) is 2.87. The Labute approximate surface area is 120 Å². The van der Waals surface area contributed by atoms with E-state index >= 15 is 0 Å². The number of nitrogens with zero attached hydrogens (tertiary/aromatic N) is 2. The van der Waals surface area contributed by atoms with Crippen LogP contribution in [0.3, 0.4) is 0 Å². The molecule has 1 atom stereocenters. The first-order valence-corrected chi connectivity index (χ1v) is 7.33. The van der Waals surface area contributed by atoms with Crippen LogP contribution in [0.25, 0.3) is 10.9 Å². The molecule has 1 unspecified atom stereocenters. The highest BCUT2D eigenvalue weighted by Crippen LogP contribution is 2.19. The van der Waals surface area contributed by atoms with Crippen molar-refractivity contribution in [3.63, 3.8) is 0 Å². The zero-order valence-corrected chi connectivity index (χ0v) is 12.0. The van der Waals surface area contributed by atoms with E-state index in [1.54, 1.807) is 0 Å². The molecule has 0 saturated carbocycles. The molecule has 106 valence electrons. The molecule has 0 amide bonds. The van der Waals surface area contributed by atoms with Crippen molar-refractivity contribution in [3.8, 4) is 0 Å². The minimum absolute atomic E-state index is 0.618. The predicted molar refractivity (Wildman–Crippen MR) is 84.9 cm³/mol. The summed E-state index contributed by atoms with van der Waals surface area (Å²) in [6.45, 7) is 2.17. The summed E-state index contributed by atoms with van der Waals surface area (Å²) >= 11 is 0. The lowest BCUT2D eigenvalue weighted by atomic mass is 10.0. The monoisotopic (exact) mass is 270 g/mol. The number of hydrogen-bond donors (Lipinski definition) is 2. The van der Waals surface area contributed by atoms with Gasteiger partial charge in [0.1, 0.15) is 5.82 Å². The molecule has 1 aromatic heterocycles. The van der Waals surface area contributed by atoms with Gasteiger partial charge in [0.15, 0.2) is 0 Å². The Morgan fingerprint density at radius 3 is 3.05 bits per heavy atom. The smallest absolute Gasteiger partial charge is 0.126 e.